The van der Waals surface area contributed by atoms with Crippen LogP contribution in [-0.4, -0.2) is 38.4 Å². The van der Waals surface area contributed by atoms with E-state index in [0.29, 0.717) is 23.6 Å². The Bertz CT molecular complexity index is 1300. The summed E-state index contributed by atoms with van der Waals surface area (Å²) >= 11 is 6.36. The van der Waals surface area contributed by atoms with Crippen molar-refractivity contribution in [3.05, 3.63) is 64.3 Å². The van der Waals surface area contributed by atoms with Crippen LogP contribution in [0.2, 0.25) is 5.02 Å². The van der Waals surface area contributed by atoms with Crippen LogP contribution < -0.4 is 5.32 Å². The largest absolute Gasteiger partial charge is 0.322 e. The quantitative estimate of drug-likeness (QED) is 0.622. The maximum Gasteiger partial charge on any atom is 0.255 e. The Morgan fingerprint density at radius 2 is 1.84 bits per heavy atom. The molecule has 0 saturated carbocycles. The van der Waals surface area contributed by atoms with E-state index < -0.39 is 11.9 Å². The predicted molar refractivity (Wildman–Crippen MR) is 120 cm³/mol. The Kier molecular flexibility index (Phi) is 4.86. The van der Waals surface area contributed by atoms with Crippen LogP contribution in [0.3, 0.4) is 0 Å². The molecule has 7 nitrogen and oxygen atoms in total. The van der Waals surface area contributed by atoms with Gasteiger partial charge in [0.25, 0.3) is 5.91 Å². The van der Waals surface area contributed by atoms with Crippen LogP contribution in [0.5, 0.6) is 0 Å². The number of aryl methyl sites for hydroxylation is 2. The van der Waals surface area contributed by atoms with Gasteiger partial charge in [-0.15, -0.1) is 0 Å². The number of carbonyl (C=O) groups is 3. The maximum absolute atomic E-state index is 13.0. The molecule has 1 unspecified atom stereocenters. The van der Waals surface area contributed by atoms with Crippen LogP contribution in [0.15, 0.2) is 42.6 Å². The van der Waals surface area contributed by atoms with Gasteiger partial charge < -0.3 is 4.90 Å². The Hall–Kier alpha value is -3.45. The number of halogens is 1. The molecular formula is C24H21ClN4O3. The van der Waals surface area contributed by atoms with Crippen LogP contribution in [0.1, 0.15) is 34.3 Å². The minimum atomic E-state index is -0.625. The van der Waals surface area contributed by atoms with Gasteiger partial charge in [-0.1, -0.05) is 29.8 Å². The molecule has 1 fully saturated rings. The number of hydrogen-bond donors (Lipinski definition) is 1. The van der Waals surface area contributed by atoms with Crippen molar-refractivity contribution >= 4 is 29.3 Å². The summed E-state index contributed by atoms with van der Waals surface area (Å²) in [5, 5.41) is 7.47. The van der Waals surface area contributed by atoms with Crippen molar-refractivity contribution in [3.63, 3.8) is 0 Å². The van der Waals surface area contributed by atoms with E-state index in [4.69, 9.17) is 11.6 Å². The SMILES string of the molecule is Cc1ccc(-c2c(-c3ccc4c(c3)CN(C3CCC(=O)NC3=O)C4=O)cnn2C)cc1Cl. The van der Waals surface area contributed by atoms with Gasteiger partial charge in [-0.3, -0.25) is 24.4 Å². The number of piperidine rings is 1. The first kappa shape index (κ1) is 20.5. The molecule has 1 N–H and O–H groups in total. The van der Waals surface area contributed by atoms with Crippen molar-refractivity contribution < 1.29 is 14.4 Å². The minimum absolute atomic E-state index is 0.183. The minimum Gasteiger partial charge on any atom is -0.322 e. The molecule has 0 bridgehead atoms. The molecule has 162 valence electrons. The van der Waals surface area contributed by atoms with Gasteiger partial charge in [0.15, 0.2) is 0 Å². The maximum atomic E-state index is 13.0. The number of carbonyl (C=O) groups excluding carboxylic acids is 3. The summed E-state index contributed by atoms with van der Waals surface area (Å²) in [6.45, 7) is 2.29. The van der Waals surface area contributed by atoms with E-state index in [9.17, 15) is 14.4 Å². The van der Waals surface area contributed by atoms with Gasteiger partial charge in [-0.25, -0.2) is 0 Å². The number of nitrogens with one attached hydrogen (secondary N) is 1. The van der Waals surface area contributed by atoms with E-state index >= 15 is 0 Å². The molecule has 1 aromatic heterocycles. The zero-order chi connectivity index (χ0) is 22.6. The van der Waals surface area contributed by atoms with Crippen molar-refractivity contribution in [1.82, 2.24) is 20.0 Å². The number of fused-ring (bicyclic) bond motifs is 1. The molecule has 0 aliphatic carbocycles. The lowest BCUT2D eigenvalue weighted by atomic mass is 9.98. The molecular weight excluding hydrogens is 428 g/mol. The summed E-state index contributed by atoms with van der Waals surface area (Å²) in [7, 11) is 1.88. The molecule has 3 heterocycles. The van der Waals surface area contributed by atoms with E-state index in [-0.39, 0.29) is 18.2 Å². The van der Waals surface area contributed by atoms with E-state index in [2.05, 4.69) is 10.4 Å². The molecule has 1 saturated heterocycles. The van der Waals surface area contributed by atoms with Crippen LogP contribution in [-0.2, 0) is 23.2 Å². The first-order chi connectivity index (χ1) is 15.3. The van der Waals surface area contributed by atoms with Crippen molar-refractivity contribution in [2.75, 3.05) is 0 Å². The Morgan fingerprint density at radius 3 is 2.59 bits per heavy atom. The van der Waals surface area contributed by atoms with E-state index in [0.717, 1.165) is 33.5 Å². The number of rotatable bonds is 3. The molecule has 8 heteroatoms. The number of amides is 3. The fourth-order valence-corrected chi connectivity index (χ4v) is 4.65. The summed E-state index contributed by atoms with van der Waals surface area (Å²) in [4.78, 5) is 38.3. The lowest BCUT2D eigenvalue weighted by Gasteiger charge is -2.29. The molecule has 2 aliphatic rings. The highest BCUT2D eigenvalue weighted by atomic mass is 35.5. The molecule has 3 aromatic rings. The van der Waals surface area contributed by atoms with E-state index in [1.54, 1.807) is 17.2 Å². The number of benzene rings is 2. The van der Waals surface area contributed by atoms with Gasteiger partial charge in [0.05, 0.1) is 11.9 Å². The smallest absolute Gasteiger partial charge is 0.255 e. The van der Waals surface area contributed by atoms with Gasteiger partial charge in [0.1, 0.15) is 6.04 Å². The average Bonchev–Trinajstić information content (AvgIpc) is 3.30. The third-order valence-corrected chi connectivity index (χ3v) is 6.63. The van der Waals surface area contributed by atoms with Gasteiger partial charge >= 0.3 is 0 Å². The molecule has 2 aliphatic heterocycles. The van der Waals surface area contributed by atoms with Gasteiger partial charge in [-0.05, 0) is 48.2 Å². The second-order valence-corrected chi connectivity index (χ2v) is 8.67. The Labute approximate surface area is 190 Å². The first-order valence-corrected chi connectivity index (χ1v) is 10.8. The molecule has 1 atom stereocenters. The van der Waals surface area contributed by atoms with Crippen molar-refractivity contribution in [2.45, 2.75) is 32.4 Å². The van der Waals surface area contributed by atoms with Crippen LogP contribution in [0.25, 0.3) is 22.4 Å². The predicted octanol–water partition coefficient (Wildman–Crippen LogP) is 3.48. The standard InChI is InChI=1S/C24H21ClN4O3/c1-13-3-4-15(10-19(13)25)22-18(11-26-28(22)2)14-5-6-17-16(9-14)12-29(24(17)32)20-7-8-21(30)27-23(20)31/h3-6,9-11,20H,7-8,12H2,1-2H3,(H,27,30,31). The fourth-order valence-electron chi connectivity index (χ4n) is 4.47. The van der Waals surface area contributed by atoms with Crippen molar-refractivity contribution in [1.29, 1.82) is 0 Å². The molecule has 3 amide bonds. The second kappa shape index (κ2) is 7.60. The number of aromatic nitrogens is 2. The molecule has 2 aromatic carbocycles. The second-order valence-electron chi connectivity index (χ2n) is 8.27. The topological polar surface area (TPSA) is 84.3 Å². The van der Waals surface area contributed by atoms with Gasteiger partial charge in [0, 0.05) is 41.7 Å². The fraction of sp³-hybridized carbons (Fsp3) is 0.250. The van der Waals surface area contributed by atoms with Gasteiger partial charge in [0.2, 0.25) is 11.8 Å². The van der Waals surface area contributed by atoms with E-state index in [1.165, 1.54) is 0 Å². The summed E-state index contributed by atoms with van der Waals surface area (Å²) in [5.41, 5.74) is 6.19. The highest BCUT2D eigenvalue weighted by molar-refractivity contribution is 6.31. The summed E-state index contributed by atoms with van der Waals surface area (Å²) in [6.07, 6.45) is 2.39. The third-order valence-electron chi connectivity index (χ3n) is 6.22. The average molecular weight is 449 g/mol. The van der Waals surface area contributed by atoms with Crippen molar-refractivity contribution in [2.24, 2.45) is 7.05 Å². The molecule has 32 heavy (non-hydrogen) atoms. The summed E-state index contributed by atoms with van der Waals surface area (Å²) in [5.74, 6) is -0.885. The zero-order valence-corrected chi connectivity index (χ0v) is 18.4. The van der Waals surface area contributed by atoms with Crippen molar-refractivity contribution in [3.8, 4) is 22.4 Å². The van der Waals surface area contributed by atoms with Crippen LogP contribution >= 0.6 is 11.6 Å². The van der Waals surface area contributed by atoms with E-state index in [1.807, 2.05) is 49.0 Å². The highest BCUT2D eigenvalue weighted by Gasteiger charge is 2.39. The molecule has 0 spiro atoms. The summed E-state index contributed by atoms with van der Waals surface area (Å²) in [6, 6.07) is 11.0. The monoisotopic (exact) mass is 448 g/mol. The number of imide groups is 1. The third kappa shape index (κ3) is 3.29. The molecule has 5 rings (SSSR count). The number of nitrogens with zero attached hydrogens (tertiary/aromatic N) is 3. The Balaban J connectivity index is 1.50. The zero-order valence-electron chi connectivity index (χ0n) is 17.7. The van der Waals surface area contributed by atoms with Gasteiger partial charge in [-0.2, -0.15) is 5.10 Å². The normalized spacial score (nSPS) is 18.2. The summed E-state index contributed by atoms with van der Waals surface area (Å²) < 4.78 is 1.81. The highest BCUT2D eigenvalue weighted by Crippen LogP contribution is 2.36. The lowest BCUT2D eigenvalue weighted by Crippen LogP contribution is -2.52. The Morgan fingerprint density at radius 1 is 1.06 bits per heavy atom. The van der Waals surface area contributed by atoms with Crippen LogP contribution in [0.4, 0.5) is 0 Å². The van der Waals surface area contributed by atoms with Crippen LogP contribution in [0, 0.1) is 6.92 Å². The molecule has 0 radical (unpaired) electrons. The first-order valence-electron chi connectivity index (χ1n) is 10.4. The lowest BCUT2D eigenvalue weighted by molar-refractivity contribution is -0.136. The number of hydrogen-bond acceptors (Lipinski definition) is 4.